The van der Waals surface area contributed by atoms with Crippen LogP contribution in [-0.2, 0) is 21.7 Å². The van der Waals surface area contributed by atoms with E-state index in [1.165, 1.54) is 0 Å². The third kappa shape index (κ3) is 22.8. The fourth-order valence-corrected chi connectivity index (χ4v) is 0. The summed E-state index contributed by atoms with van der Waals surface area (Å²) in [6.07, 6.45) is 0. The largest absolute Gasteiger partial charge is 2.00 e. The smallest absolute Gasteiger partial charge is 0.870 e. The number of hydrogen-bond donors (Lipinski definition) is 0. The van der Waals surface area contributed by atoms with Gasteiger partial charge in [-0.05, 0) is 0 Å². The van der Waals surface area contributed by atoms with Gasteiger partial charge in [-0.15, -0.1) is 0 Å². The van der Waals surface area contributed by atoms with Crippen LogP contribution in [0.25, 0.3) is 0 Å². The zero-order valence-corrected chi connectivity index (χ0v) is 8.60. The Balaban J connectivity index is 0. The standard InChI is InChI=1S/Ba.3H2O.Ti/h;3*1H2;/q+2;;;;/p-2. The summed E-state index contributed by atoms with van der Waals surface area (Å²) in [7, 11) is 0. The van der Waals surface area contributed by atoms with Crippen molar-refractivity contribution in [3.8, 4) is 0 Å². The van der Waals surface area contributed by atoms with Crippen molar-refractivity contribution in [3.05, 3.63) is 0 Å². The summed E-state index contributed by atoms with van der Waals surface area (Å²) in [5.74, 6) is 0. The van der Waals surface area contributed by atoms with E-state index < -0.39 is 0 Å². The van der Waals surface area contributed by atoms with Gasteiger partial charge in [0.2, 0.25) is 0 Å². The molecule has 0 radical (unpaired) electrons. The number of hydrogen-bond acceptors (Lipinski definition) is 2. The summed E-state index contributed by atoms with van der Waals surface area (Å²) in [6, 6.07) is 0. The molecule has 0 aromatic rings. The first-order valence-electron chi connectivity index (χ1n) is 0. The van der Waals surface area contributed by atoms with Crippen LogP contribution in [0.3, 0.4) is 0 Å². The fourth-order valence-electron chi connectivity index (χ4n) is 0. The van der Waals surface area contributed by atoms with E-state index in [-0.39, 0.29) is 87.0 Å². The molecule has 3 nitrogen and oxygen atoms in total. The minimum atomic E-state index is 0. The van der Waals surface area contributed by atoms with Crippen molar-refractivity contribution in [2.45, 2.75) is 0 Å². The van der Waals surface area contributed by atoms with E-state index in [0.29, 0.717) is 0 Å². The Kier molecular flexibility index (Phi) is 407. The van der Waals surface area contributed by atoms with Gasteiger partial charge in [-0.1, -0.05) is 0 Å². The molecule has 0 aliphatic heterocycles. The molecule has 5 heteroatoms. The normalized spacial score (nSPS) is 0. The predicted octanol–water partition coefficient (Wildman–Crippen LogP) is -1.56. The maximum atomic E-state index is 0. The monoisotopic (exact) mass is 238 g/mol. The van der Waals surface area contributed by atoms with Gasteiger partial charge in [-0.2, -0.15) is 0 Å². The molecule has 0 aromatic carbocycles. The molecule has 0 aliphatic rings. The van der Waals surface area contributed by atoms with Gasteiger partial charge >= 0.3 is 48.9 Å². The first-order chi connectivity index (χ1) is 0. The van der Waals surface area contributed by atoms with E-state index in [1.54, 1.807) is 0 Å². The van der Waals surface area contributed by atoms with E-state index in [1.807, 2.05) is 0 Å². The van der Waals surface area contributed by atoms with Crippen LogP contribution in [0.1, 0.15) is 0 Å². The van der Waals surface area contributed by atoms with Crippen molar-refractivity contribution in [2.24, 2.45) is 0 Å². The molecular weight excluding hydrogens is 233 g/mol. The first kappa shape index (κ1) is 58.1. The van der Waals surface area contributed by atoms with Crippen molar-refractivity contribution in [3.63, 3.8) is 0 Å². The molecule has 5 heavy (non-hydrogen) atoms. The molecule has 0 heterocycles. The van der Waals surface area contributed by atoms with Crippen LogP contribution in [-0.4, -0.2) is 65.3 Å². The second-order valence-electron chi connectivity index (χ2n) is 0. The van der Waals surface area contributed by atoms with Gasteiger partial charge in [0.15, 0.2) is 0 Å². The van der Waals surface area contributed by atoms with Crippen LogP contribution < -0.4 is 0 Å². The second kappa shape index (κ2) is 35.1. The summed E-state index contributed by atoms with van der Waals surface area (Å²) in [5, 5.41) is 0. The van der Waals surface area contributed by atoms with Gasteiger partial charge in [0.25, 0.3) is 0 Å². The summed E-state index contributed by atoms with van der Waals surface area (Å²) in [5.41, 5.74) is 0. The molecular formula is H4BaO3Ti. The molecule has 28 valence electrons. The molecule has 0 aliphatic carbocycles. The summed E-state index contributed by atoms with van der Waals surface area (Å²) in [6.45, 7) is 0. The van der Waals surface area contributed by atoms with Crippen molar-refractivity contribution in [1.29, 1.82) is 0 Å². The van der Waals surface area contributed by atoms with Gasteiger partial charge in [0.05, 0.1) is 0 Å². The van der Waals surface area contributed by atoms with E-state index in [2.05, 4.69) is 0 Å². The molecule has 4 N–H and O–H groups in total. The maximum Gasteiger partial charge on any atom is 2.00 e. The summed E-state index contributed by atoms with van der Waals surface area (Å²) in [4.78, 5) is 0. The Morgan fingerprint density at radius 3 is 0.800 bits per heavy atom. The van der Waals surface area contributed by atoms with Crippen molar-refractivity contribution in [2.75, 3.05) is 0 Å². The van der Waals surface area contributed by atoms with E-state index in [4.69, 9.17) is 0 Å². The van der Waals surface area contributed by atoms with E-state index >= 15 is 0 Å². The predicted molar refractivity (Wildman–Crippen MR) is 13.2 cm³/mol. The Labute approximate surface area is 85.4 Å². The van der Waals surface area contributed by atoms with Gasteiger partial charge in [-0.25, -0.2) is 0 Å². The average Bonchev–Trinajstić information content (AvgIpc) is 0. The molecule has 0 aromatic heterocycles. The Morgan fingerprint density at radius 2 is 0.800 bits per heavy atom. The van der Waals surface area contributed by atoms with Crippen molar-refractivity contribution >= 4 is 48.9 Å². The maximum absolute atomic E-state index is 0. The van der Waals surface area contributed by atoms with Gasteiger partial charge in [-0.3, -0.25) is 0 Å². The Hall–Kier alpha value is 2.17. The molecule has 0 saturated carbocycles. The Bertz CT molecular complexity index is 6.85. The third-order valence-corrected chi connectivity index (χ3v) is 0. The third-order valence-electron chi connectivity index (χ3n) is 0. The minimum Gasteiger partial charge on any atom is -0.870 e. The van der Waals surface area contributed by atoms with Crippen molar-refractivity contribution in [1.82, 2.24) is 0 Å². The van der Waals surface area contributed by atoms with Gasteiger partial charge in [0.1, 0.15) is 0 Å². The van der Waals surface area contributed by atoms with Crippen LogP contribution in [0.15, 0.2) is 0 Å². The molecule has 0 unspecified atom stereocenters. The van der Waals surface area contributed by atoms with Gasteiger partial charge in [0, 0.05) is 21.7 Å². The average molecular weight is 237 g/mol. The molecule has 0 saturated heterocycles. The summed E-state index contributed by atoms with van der Waals surface area (Å²) >= 11 is 0. The molecule has 0 spiro atoms. The SMILES string of the molecule is O.[Ba+2].[OH-].[OH-].[Ti]. The quantitative estimate of drug-likeness (QED) is 0.476. The fraction of sp³-hybridized carbons (Fsp3) is 0. The van der Waals surface area contributed by atoms with Crippen LogP contribution >= 0.6 is 0 Å². The van der Waals surface area contributed by atoms with E-state index in [9.17, 15) is 0 Å². The zero-order chi connectivity index (χ0) is 0. The van der Waals surface area contributed by atoms with Crippen LogP contribution in [0, 0.1) is 0 Å². The van der Waals surface area contributed by atoms with Crippen molar-refractivity contribution < 1.29 is 38.1 Å². The first-order valence-corrected chi connectivity index (χ1v) is 0. The molecule has 0 bridgehead atoms. The van der Waals surface area contributed by atoms with Crippen LogP contribution in [0.2, 0.25) is 0 Å². The van der Waals surface area contributed by atoms with E-state index in [0.717, 1.165) is 0 Å². The second-order valence-corrected chi connectivity index (χ2v) is 0. The zero-order valence-electron chi connectivity index (χ0n) is 2.60. The molecule has 0 atom stereocenters. The molecule has 0 fully saturated rings. The van der Waals surface area contributed by atoms with Gasteiger partial charge < -0.3 is 16.4 Å². The Morgan fingerprint density at radius 1 is 0.800 bits per heavy atom. The minimum absolute atomic E-state index is 0. The number of rotatable bonds is 0. The topological polar surface area (TPSA) is 91.5 Å². The van der Waals surface area contributed by atoms with Crippen LogP contribution in [0.5, 0.6) is 0 Å². The van der Waals surface area contributed by atoms with Crippen LogP contribution in [0.4, 0.5) is 0 Å². The molecule has 0 rings (SSSR count). The summed E-state index contributed by atoms with van der Waals surface area (Å²) < 4.78 is 0. The molecule has 0 amide bonds.